The molecule has 1 aromatic carbocycles. The summed E-state index contributed by atoms with van der Waals surface area (Å²) in [6.07, 6.45) is 1.06. The number of thiazole rings is 1. The van der Waals surface area contributed by atoms with E-state index >= 15 is 0 Å². The van der Waals surface area contributed by atoms with Gasteiger partial charge in [0.1, 0.15) is 4.90 Å². The molecule has 0 saturated heterocycles. The van der Waals surface area contributed by atoms with Gasteiger partial charge in [0.05, 0.1) is 15.6 Å². The van der Waals surface area contributed by atoms with Crippen LogP contribution in [0, 0.1) is 12.3 Å². The van der Waals surface area contributed by atoms with Gasteiger partial charge in [-0.2, -0.15) is 0 Å². The standard InChI is InChI=1S/C16H16Cl2N2O3S2/c1-8-4-9(17)5-10(18)14(8)25(22,23)20-15-19-11-6-16(2,3)7-12(21)13(11)24-15/h4-5H,6-7H2,1-3H3,(H,19,20). The van der Waals surface area contributed by atoms with E-state index in [0.29, 0.717) is 34.0 Å². The molecule has 25 heavy (non-hydrogen) atoms. The highest BCUT2D eigenvalue weighted by atomic mass is 35.5. The third-order valence-electron chi connectivity index (χ3n) is 3.92. The number of fused-ring (bicyclic) bond motifs is 1. The van der Waals surface area contributed by atoms with E-state index in [0.717, 1.165) is 11.3 Å². The van der Waals surface area contributed by atoms with Crippen LogP contribution < -0.4 is 4.72 Å². The Morgan fingerprint density at radius 3 is 2.56 bits per heavy atom. The Labute approximate surface area is 160 Å². The largest absolute Gasteiger partial charge is 0.293 e. The number of aryl methyl sites for hydroxylation is 1. The Morgan fingerprint density at radius 2 is 1.92 bits per heavy atom. The molecule has 0 fully saturated rings. The fourth-order valence-electron chi connectivity index (χ4n) is 2.96. The van der Waals surface area contributed by atoms with E-state index in [1.54, 1.807) is 6.92 Å². The molecule has 3 rings (SSSR count). The molecular weight excluding hydrogens is 403 g/mol. The second-order valence-corrected chi connectivity index (χ2v) is 10.3. The van der Waals surface area contributed by atoms with Crippen LogP contribution in [0.3, 0.4) is 0 Å². The first-order valence-corrected chi connectivity index (χ1v) is 10.6. The van der Waals surface area contributed by atoms with Gasteiger partial charge >= 0.3 is 0 Å². The van der Waals surface area contributed by atoms with Crippen LogP contribution in [0.1, 0.15) is 41.2 Å². The van der Waals surface area contributed by atoms with Crippen LogP contribution in [0.5, 0.6) is 0 Å². The minimum absolute atomic E-state index is 0.00472. The molecule has 0 unspecified atom stereocenters. The highest BCUT2D eigenvalue weighted by molar-refractivity contribution is 7.93. The summed E-state index contributed by atoms with van der Waals surface area (Å²) in [7, 11) is -3.94. The maximum atomic E-state index is 12.7. The van der Waals surface area contributed by atoms with Gasteiger partial charge in [-0.3, -0.25) is 9.52 Å². The topological polar surface area (TPSA) is 76.1 Å². The number of nitrogens with zero attached hydrogens (tertiary/aromatic N) is 1. The quantitative estimate of drug-likeness (QED) is 0.782. The summed E-state index contributed by atoms with van der Waals surface area (Å²) in [6.45, 7) is 5.60. The third kappa shape index (κ3) is 3.69. The smallest absolute Gasteiger partial charge is 0.265 e. The van der Waals surface area contributed by atoms with Crippen LogP contribution in [0.2, 0.25) is 10.0 Å². The van der Waals surface area contributed by atoms with Crippen molar-refractivity contribution >= 4 is 55.5 Å². The van der Waals surface area contributed by atoms with Crippen molar-refractivity contribution in [1.82, 2.24) is 4.98 Å². The molecule has 1 N–H and O–H groups in total. The van der Waals surface area contributed by atoms with Crippen molar-refractivity contribution in [2.75, 3.05) is 4.72 Å². The first kappa shape index (κ1) is 18.6. The van der Waals surface area contributed by atoms with Gasteiger partial charge in [-0.15, -0.1) is 0 Å². The van der Waals surface area contributed by atoms with Crippen molar-refractivity contribution in [2.24, 2.45) is 5.41 Å². The van der Waals surface area contributed by atoms with Crippen molar-refractivity contribution in [3.05, 3.63) is 38.3 Å². The lowest BCUT2D eigenvalue weighted by atomic mass is 9.78. The second kappa shape index (κ2) is 6.23. The molecule has 0 bridgehead atoms. The molecule has 0 aliphatic heterocycles. The number of aromatic nitrogens is 1. The predicted octanol–water partition coefficient (Wildman–Crippen LogP) is 4.71. The molecule has 2 aromatic rings. The summed E-state index contributed by atoms with van der Waals surface area (Å²) < 4.78 is 27.9. The molecule has 1 aromatic heterocycles. The molecule has 0 radical (unpaired) electrons. The van der Waals surface area contributed by atoms with Crippen LogP contribution in [0.4, 0.5) is 5.13 Å². The van der Waals surface area contributed by atoms with Crippen molar-refractivity contribution in [3.63, 3.8) is 0 Å². The van der Waals surface area contributed by atoms with Gasteiger partial charge in [0.2, 0.25) is 0 Å². The van der Waals surface area contributed by atoms with Crippen LogP contribution in [0.25, 0.3) is 0 Å². The average Bonchev–Trinajstić information content (AvgIpc) is 2.76. The van der Waals surface area contributed by atoms with Gasteiger partial charge in [0.25, 0.3) is 10.0 Å². The van der Waals surface area contributed by atoms with E-state index in [1.807, 2.05) is 13.8 Å². The van der Waals surface area contributed by atoms with Crippen molar-refractivity contribution in [2.45, 2.75) is 38.5 Å². The number of hydrogen-bond acceptors (Lipinski definition) is 5. The zero-order valence-electron chi connectivity index (χ0n) is 13.8. The second-order valence-electron chi connectivity index (χ2n) is 6.87. The number of rotatable bonds is 3. The van der Waals surface area contributed by atoms with Crippen LogP contribution in [-0.2, 0) is 16.4 Å². The maximum absolute atomic E-state index is 12.7. The average molecular weight is 419 g/mol. The van der Waals surface area contributed by atoms with Gasteiger partial charge in [-0.25, -0.2) is 13.4 Å². The molecule has 0 atom stereocenters. The minimum Gasteiger partial charge on any atom is -0.293 e. The van der Waals surface area contributed by atoms with E-state index in [-0.39, 0.29) is 26.2 Å². The fourth-order valence-corrected chi connectivity index (χ4v) is 6.30. The maximum Gasteiger partial charge on any atom is 0.265 e. The number of nitrogens with one attached hydrogen (secondary N) is 1. The Morgan fingerprint density at radius 1 is 1.24 bits per heavy atom. The first-order chi connectivity index (χ1) is 11.5. The van der Waals surface area contributed by atoms with Crippen molar-refractivity contribution in [3.8, 4) is 0 Å². The summed E-state index contributed by atoms with van der Waals surface area (Å²) in [5.41, 5.74) is 0.899. The molecule has 9 heteroatoms. The predicted molar refractivity (Wildman–Crippen MR) is 101 cm³/mol. The molecule has 0 saturated carbocycles. The lowest BCUT2D eigenvalue weighted by Crippen LogP contribution is -2.26. The molecule has 0 amide bonds. The monoisotopic (exact) mass is 418 g/mol. The van der Waals surface area contributed by atoms with Crippen LogP contribution in [0.15, 0.2) is 17.0 Å². The lowest BCUT2D eigenvalue weighted by Gasteiger charge is -2.26. The molecule has 1 aliphatic carbocycles. The summed E-state index contributed by atoms with van der Waals surface area (Å²) in [5.74, 6) is -0.00472. The van der Waals surface area contributed by atoms with Crippen molar-refractivity contribution in [1.29, 1.82) is 0 Å². The number of hydrogen-bond donors (Lipinski definition) is 1. The number of anilines is 1. The molecule has 1 heterocycles. The molecule has 134 valence electrons. The zero-order valence-corrected chi connectivity index (χ0v) is 17.0. The van der Waals surface area contributed by atoms with Gasteiger partial charge < -0.3 is 0 Å². The number of halogens is 2. The van der Waals surface area contributed by atoms with E-state index in [4.69, 9.17) is 23.2 Å². The number of benzene rings is 1. The first-order valence-electron chi connectivity index (χ1n) is 7.50. The highest BCUT2D eigenvalue weighted by Gasteiger charge is 2.34. The lowest BCUT2D eigenvalue weighted by molar-refractivity contribution is 0.0916. The third-order valence-corrected chi connectivity index (χ3v) is 7.27. The van der Waals surface area contributed by atoms with E-state index < -0.39 is 10.0 Å². The minimum atomic E-state index is -3.94. The Hall–Kier alpha value is -1.15. The van der Waals surface area contributed by atoms with Gasteiger partial charge in [-0.05, 0) is 36.5 Å². The van der Waals surface area contributed by atoms with Gasteiger partial charge in [0.15, 0.2) is 10.9 Å². The van der Waals surface area contributed by atoms with Gasteiger partial charge in [-0.1, -0.05) is 48.4 Å². The normalized spacial score (nSPS) is 16.6. The molecule has 0 spiro atoms. The fraction of sp³-hybridized carbons (Fsp3) is 0.375. The molecule has 1 aliphatic rings. The number of carbonyl (C=O) groups excluding carboxylic acids is 1. The Bertz CT molecular complexity index is 958. The number of sulfonamides is 1. The number of Topliss-reactive ketones (excluding diaryl/α,β-unsaturated/α-hetero) is 1. The molecule has 5 nitrogen and oxygen atoms in total. The van der Waals surface area contributed by atoms with E-state index in [1.165, 1.54) is 12.1 Å². The Kier molecular flexibility index (Phi) is 4.64. The van der Waals surface area contributed by atoms with Crippen molar-refractivity contribution < 1.29 is 13.2 Å². The summed E-state index contributed by atoms with van der Waals surface area (Å²) in [4.78, 5) is 17.1. The summed E-state index contributed by atoms with van der Waals surface area (Å²) in [5, 5.41) is 0.566. The van der Waals surface area contributed by atoms with E-state index in [9.17, 15) is 13.2 Å². The number of ketones is 1. The zero-order chi connectivity index (χ0) is 18.6. The van der Waals surface area contributed by atoms with Crippen LogP contribution in [-0.4, -0.2) is 19.2 Å². The summed E-state index contributed by atoms with van der Waals surface area (Å²) >= 11 is 13.0. The highest BCUT2D eigenvalue weighted by Crippen LogP contribution is 2.39. The Balaban J connectivity index is 1.97. The summed E-state index contributed by atoms with van der Waals surface area (Å²) in [6, 6.07) is 2.91. The van der Waals surface area contributed by atoms with E-state index in [2.05, 4.69) is 9.71 Å². The number of carbonyl (C=O) groups is 1. The molecular formula is C16H16Cl2N2O3S2. The SMILES string of the molecule is Cc1cc(Cl)cc(Cl)c1S(=O)(=O)Nc1nc2c(s1)C(=O)CC(C)(C)C2. The van der Waals surface area contributed by atoms with Gasteiger partial charge in [0, 0.05) is 11.4 Å². The van der Waals surface area contributed by atoms with Crippen LogP contribution >= 0.6 is 34.5 Å².